The van der Waals surface area contributed by atoms with Crippen molar-refractivity contribution < 1.29 is 14.3 Å². The normalized spacial score (nSPS) is 33.6. The third-order valence-corrected chi connectivity index (χ3v) is 4.97. The fourth-order valence-corrected chi connectivity index (χ4v) is 3.64. The highest BCUT2D eigenvalue weighted by atomic mass is 16.7. The van der Waals surface area contributed by atoms with Gasteiger partial charge in [-0.1, -0.05) is 13.8 Å². The molecule has 18 heavy (non-hydrogen) atoms. The number of ketones is 1. The minimum absolute atomic E-state index is 0.157. The summed E-state index contributed by atoms with van der Waals surface area (Å²) in [5.74, 6) is 1.61. The van der Waals surface area contributed by atoms with Gasteiger partial charge in [0.2, 0.25) is 0 Å². The van der Waals surface area contributed by atoms with Gasteiger partial charge in [0.25, 0.3) is 0 Å². The number of ether oxygens (including phenoxy) is 2. The lowest BCUT2D eigenvalue weighted by Crippen LogP contribution is -2.56. The van der Waals surface area contributed by atoms with Crippen molar-refractivity contribution in [3.05, 3.63) is 0 Å². The maximum absolute atomic E-state index is 12.4. The van der Waals surface area contributed by atoms with E-state index in [1.165, 1.54) is 0 Å². The fraction of sp³-hybridized carbons (Fsp3) is 0.933. The predicted molar refractivity (Wildman–Crippen MR) is 70.1 cm³/mol. The lowest BCUT2D eigenvalue weighted by molar-refractivity contribution is -0.175. The summed E-state index contributed by atoms with van der Waals surface area (Å²) in [6.07, 6.45) is 2.67. The van der Waals surface area contributed by atoms with E-state index >= 15 is 0 Å². The third kappa shape index (κ3) is 2.35. The van der Waals surface area contributed by atoms with E-state index in [1.54, 1.807) is 0 Å². The molecule has 0 radical (unpaired) electrons. The van der Waals surface area contributed by atoms with Gasteiger partial charge in [-0.25, -0.2) is 0 Å². The average molecular weight is 254 g/mol. The maximum Gasteiger partial charge on any atom is 0.158 e. The van der Waals surface area contributed by atoms with Gasteiger partial charge in [-0.3, -0.25) is 4.79 Å². The molecule has 0 aromatic carbocycles. The van der Waals surface area contributed by atoms with Gasteiger partial charge in [-0.15, -0.1) is 0 Å². The molecule has 3 saturated carbocycles. The first-order valence-electron chi connectivity index (χ1n) is 7.27. The molecule has 0 aliphatic heterocycles. The molecule has 0 saturated heterocycles. The summed E-state index contributed by atoms with van der Waals surface area (Å²) in [6.45, 7) is 9.70. The van der Waals surface area contributed by atoms with Gasteiger partial charge in [0.05, 0.1) is 0 Å². The molecule has 0 amide bonds. The second-order valence-electron chi connectivity index (χ2n) is 6.22. The van der Waals surface area contributed by atoms with Gasteiger partial charge in [-0.2, -0.15) is 0 Å². The van der Waals surface area contributed by atoms with Crippen LogP contribution in [-0.2, 0) is 14.3 Å². The molecule has 3 aliphatic carbocycles. The highest BCUT2D eigenvalue weighted by Crippen LogP contribution is 2.59. The minimum atomic E-state index is -0.199. The predicted octanol–water partition coefficient (Wildman–Crippen LogP) is 3.03. The van der Waals surface area contributed by atoms with E-state index in [1.807, 2.05) is 13.8 Å². The lowest BCUT2D eigenvalue weighted by atomic mass is 9.46. The topological polar surface area (TPSA) is 35.5 Å². The minimum Gasteiger partial charge on any atom is -0.353 e. The first kappa shape index (κ1) is 14.0. The average Bonchev–Trinajstić information content (AvgIpc) is 2.31. The summed E-state index contributed by atoms with van der Waals surface area (Å²) < 4.78 is 11.1. The Labute approximate surface area is 110 Å². The molecule has 3 heteroatoms. The molecule has 3 aliphatic rings. The molecule has 3 nitrogen and oxygen atoms in total. The van der Waals surface area contributed by atoms with Crippen LogP contribution >= 0.6 is 0 Å². The van der Waals surface area contributed by atoms with E-state index in [-0.39, 0.29) is 23.5 Å². The van der Waals surface area contributed by atoms with E-state index in [2.05, 4.69) is 13.8 Å². The molecule has 0 spiro atoms. The van der Waals surface area contributed by atoms with Gasteiger partial charge in [-0.05, 0) is 38.0 Å². The molecule has 3 rings (SSSR count). The number of rotatable bonds is 6. The van der Waals surface area contributed by atoms with Crippen LogP contribution in [0.5, 0.6) is 0 Å². The molecular weight excluding hydrogens is 228 g/mol. The Morgan fingerprint density at radius 2 is 1.83 bits per heavy atom. The van der Waals surface area contributed by atoms with E-state index in [0.29, 0.717) is 24.9 Å². The molecule has 3 atom stereocenters. The van der Waals surface area contributed by atoms with Crippen molar-refractivity contribution in [2.45, 2.75) is 53.2 Å². The smallest absolute Gasteiger partial charge is 0.158 e. The molecule has 0 heterocycles. The lowest BCUT2D eigenvalue weighted by Gasteiger charge is -2.57. The van der Waals surface area contributed by atoms with E-state index in [9.17, 15) is 4.79 Å². The maximum atomic E-state index is 12.4. The molecule has 3 fully saturated rings. The number of carbonyl (C=O) groups is 1. The van der Waals surface area contributed by atoms with Crippen molar-refractivity contribution in [3.8, 4) is 0 Å². The van der Waals surface area contributed by atoms with Crippen molar-refractivity contribution in [3.63, 3.8) is 0 Å². The molecule has 104 valence electrons. The van der Waals surface area contributed by atoms with Gasteiger partial charge >= 0.3 is 0 Å². The van der Waals surface area contributed by atoms with Crippen LogP contribution < -0.4 is 0 Å². The van der Waals surface area contributed by atoms with Crippen LogP contribution in [0.4, 0.5) is 0 Å². The summed E-state index contributed by atoms with van der Waals surface area (Å²) >= 11 is 0. The molecule has 0 N–H and O–H groups in total. The number of Topliss-reactive ketones (excluding diaryl/α,β-unsaturated/α-hetero) is 1. The van der Waals surface area contributed by atoms with Crippen molar-refractivity contribution in [1.82, 2.24) is 0 Å². The molecule has 0 aromatic heterocycles. The Morgan fingerprint density at radius 1 is 1.22 bits per heavy atom. The monoisotopic (exact) mass is 254 g/mol. The van der Waals surface area contributed by atoms with Crippen molar-refractivity contribution >= 4 is 5.78 Å². The van der Waals surface area contributed by atoms with Gasteiger partial charge in [0.15, 0.2) is 6.29 Å². The van der Waals surface area contributed by atoms with Gasteiger partial charge < -0.3 is 9.47 Å². The van der Waals surface area contributed by atoms with E-state index in [4.69, 9.17) is 9.47 Å². The summed E-state index contributed by atoms with van der Waals surface area (Å²) in [6, 6.07) is 0. The zero-order chi connectivity index (χ0) is 13.3. The standard InChI is InChI=1S/C15H26O3/c1-5-17-13(18-6-2)8-10-7-11-9-12(14(10)16)15(11,3)4/h10-13H,5-9H2,1-4H3/t10-,11-,12-/m1/s1. The summed E-state index contributed by atoms with van der Waals surface area (Å²) in [4.78, 5) is 12.4. The number of fused-ring (bicyclic) bond motifs is 2. The number of hydrogen-bond acceptors (Lipinski definition) is 3. The second kappa shape index (κ2) is 5.30. The van der Waals surface area contributed by atoms with Crippen LogP contribution in [0.2, 0.25) is 0 Å². The van der Waals surface area contributed by atoms with Crippen molar-refractivity contribution in [2.75, 3.05) is 13.2 Å². The Kier molecular flexibility index (Phi) is 4.12. The van der Waals surface area contributed by atoms with Crippen LogP contribution in [0.3, 0.4) is 0 Å². The molecule has 0 unspecified atom stereocenters. The van der Waals surface area contributed by atoms with Crippen LogP contribution in [-0.4, -0.2) is 25.3 Å². The highest BCUT2D eigenvalue weighted by molar-refractivity contribution is 5.86. The van der Waals surface area contributed by atoms with Crippen LogP contribution in [0.25, 0.3) is 0 Å². The molecule has 2 bridgehead atoms. The zero-order valence-corrected chi connectivity index (χ0v) is 12.1. The zero-order valence-electron chi connectivity index (χ0n) is 12.1. The summed E-state index contributed by atoms with van der Waals surface area (Å²) in [7, 11) is 0. The van der Waals surface area contributed by atoms with Crippen molar-refractivity contribution in [2.24, 2.45) is 23.2 Å². The second-order valence-corrected chi connectivity index (χ2v) is 6.22. The van der Waals surface area contributed by atoms with Crippen LogP contribution in [0.15, 0.2) is 0 Å². The Morgan fingerprint density at radius 3 is 2.28 bits per heavy atom. The molecular formula is C15H26O3. The Hall–Kier alpha value is -0.410. The fourth-order valence-electron chi connectivity index (χ4n) is 3.64. The van der Waals surface area contributed by atoms with Crippen LogP contribution in [0.1, 0.15) is 47.0 Å². The van der Waals surface area contributed by atoms with E-state index in [0.717, 1.165) is 19.3 Å². The summed E-state index contributed by atoms with van der Waals surface area (Å²) in [5.41, 5.74) is 0.236. The largest absolute Gasteiger partial charge is 0.353 e. The first-order chi connectivity index (χ1) is 8.50. The first-order valence-corrected chi connectivity index (χ1v) is 7.27. The summed E-state index contributed by atoms with van der Waals surface area (Å²) in [5, 5.41) is 0. The van der Waals surface area contributed by atoms with Gasteiger partial charge in [0, 0.05) is 31.5 Å². The Bertz CT molecular complexity index is 305. The van der Waals surface area contributed by atoms with Crippen LogP contribution in [0, 0.1) is 23.2 Å². The third-order valence-electron chi connectivity index (χ3n) is 4.97. The quantitative estimate of drug-likeness (QED) is 0.683. The number of carbonyl (C=O) groups excluding carboxylic acids is 1. The van der Waals surface area contributed by atoms with E-state index < -0.39 is 0 Å². The Balaban J connectivity index is 1.93. The van der Waals surface area contributed by atoms with Crippen molar-refractivity contribution in [1.29, 1.82) is 0 Å². The highest BCUT2D eigenvalue weighted by Gasteiger charge is 2.57. The molecule has 0 aromatic rings. The SMILES string of the molecule is CCOC(C[C@H]1C[C@@H]2C[C@H](C1=O)C2(C)C)OCC. The van der Waals surface area contributed by atoms with Gasteiger partial charge in [0.1, 0.15) is 5.78 Å². The number of hydrogen-bond donors (Lipinski definition) is 0.